The first-order valence-corrected chi connectivity index (χ1v) is 3.80. The van der Waals surface area contributed by atoms with Crippen LogP contribution in [0.5, 0.6) is 0 Å². The first kappa shape index (κ1) is 10.2. The zero-order valence-corrected chi connectivity index (χ0v) is 7.05. The summed E-state index contributed by atoms with van der Waals surface area (Å²) in [5, 5.41) is 13.6. The van der Waals surface area contributed by atoms with Gasteiger partial charge in [-0.15, -0.1) is 0 Å². The van der Waals surface area contributed by atoms with Gasteiger partial charge >= 0.3 is 6.09 Å². The molecule has 0 radical (unpaired) electrons. The lowest BCUT2D eigenvalue weighted by Gasteiger charge is -2.06. The van der Waals surface area contributed by atoms with E-state index in [1.54, 1.807) is 0 Å². The second-order valence-electron chi connectivity index (χ2n) is 2.83. The van der Waals surface area contributed by atoms with Gasteiger partial charge in [-0.25, -0.2) is 4.79 Å². The molecule has 0 bridgehead atoms. The van der Waals surface area contributed by atoms with Crippen LogP contribution in [0, 0.1) is 5.92 Å². The molecule has 3 N–H and O–H groups in total. The number of hydrogen-bond acceptors (Lipinski definition) is 2. The third-order valence-electron chi connectivity index (χ3n) is 1.13. The predicted octanol–water partition coefficient (Wildman–Crippen LogP) is 0.500. The summed E-state index contributed by atoms with van der Waals surface area (Å²) in [7, 11) is 0. The zero-order valence-electron chi connectivity index (χ0n) is 7.05. The highest BCUT2D eigenvalue weighted by atomic mass is 16.4. The summed E-state index contributed by atoms with van der Waals surface area (Å²) >= 11 is 0. The molecular weight excluding hydrogens is 144 g/mol. The number of carbonyl (C=O) groups is 1. The fourth-order valence-electron chi connectivity index (χ4n) is 0.649. The van der Waals surface area contributed by atoms with Gasteiger partial charge in [0.05, 0.1) is 0 Å². The van der Waals surface area contributed by atoms with Crippen molar-refractivity contribution in [2.45, 2.75) is 13.8 Å². The van der Waals surface area contributed by atoms with E-state index in [0.717, 1.165) is 6.54 Å². The van der Waals surface area contributed by atoms with Gasteiger partial charge in [0.25, 0.3) is 0 Å². The highest BCUT2D eigenvalue weighted by Crippen LogP contribution is 1.85. The monoisotopic (exact) mass is 160 g/mol. The summed E-state index contributed by atoms with van der Waals surface area (Å²) < 4.78 is 0. The molecule has 0 aromatic carbocycles. The first-order valence-electron chi connectivity index (χ1n) is 3.80. The van der Waals surface area contributed by atoms with Gasteiger partial charge < -0.3 is 15.7 Å². The average Bonchev–Trinajstić information content (AvgIpc) is 1.85. The molecule has 0 rings (SSSR count). The Morgan fingerprint density at radius 3 is 2.55 bits per heavy atom. The topological polar surface area (TPSA) is 61.4 Å². The molecule has 0 spiro atoms. The van der Waals surface area contributed by atoms with Gasteiger partial charge in [0, 0.05) is 13.1 Å². The third kappa shape index (κ3) is 9.23. The average molecular weight is 160 g/mol. The van der Waals surface area contributed by atoms with E-state index >= 15 is 0 Å². The van der Waals surface area contributed by atoms with Crippen molar-refractivity contribution < 1.29 is 9.90 Å². The Bertz CT molecular complexity index is 115. The van der Waals surface area contributed by atoms with Crippen LogP contribution in [0.25, 0.3) is 0 Å². The van der Waals surface area contributed by atoms with Gasteiger partial charge in [-0.2, -0.15) is 0 Å². The molecule has 0 aliphatic carbocycles. The lowest BCUT2D eigenvalue weighted by atomic mass is 10.2. The van der Waals surface area contributed by atoms with E-state index in [1.165, 1.54) is 0 Å². The number of hydrogen-bond donors (Lipinski definition) is 3. The molecule has 4 heteroatoms. The van der Waals surface area contributed by atoms with Crippen molar-refractivity contribution in [3.8, 4) is 0 Å². The van der Waals surface area contributed by atoms with Crippen molar-refractivity contribution in [1.82, 2.24) is 10.6 Å². The van der Waals surface area contributed by atoms with Gasteiger partial charge in [0.2, 0.25) is 0 Å². The molecule has 0 aromatic heterocycles. The highest BCUT2D eigenvalue weighted by Gasteiger charge is 1.93. The zero-order chi connectivity index (χ0) is 8.69. The minimum atomic E-state index is -0.962. The van der Waals surface area contributed by atoms with Crippen molar-refractivity contribution in [1.29, 1.82) is 0 Å². The lowest BCUT2D eigenvalue weighted by Crippen LogP contribution is -2.32. The van der Waals surface area contributed by atoms with E-state index in [1.807, 2.05) is 0 Å². The molecule has 0 aromatic rings. The van der Waals surface area contributed by atoms with Crippen LogP contribution >= 0.6 is 0 Å². The molecule has 0 aliphatic heterocycles. The molecule has 1 amide bonds. The van der Waals surface area contributed by atoms with E-state index in [-0.39, 0.29) is 0 Å². The fourth-order valence-corrected chi connectivity index (χ4v) is 0.649. The molecule has 0 saturated heterocycles. The molecule has 0 unspecified atom stereocenters. The summed E-state index contributed by atoms with van der Waals surface area (Å²) in [6.07, 6.45) is -0.962. The minimum Gasteiger partial charge on any atom is -0.465 e. The Morgan fingerprint density at radius 2 is 2.09 bits per heavy atom. The standard InChI is InChI=1S/C7H16N2O2/c1-6(2)5-8-3-4-9-7(10)11/h6,8-9H,3-5H2,1-2H3,(H,10,11). The van der Waals surface area contributed by atoms with Crippen molar-refractivity contribution >= 4 is 6.09 Å². The number of nitrogens with one attached hydrogen (secondary N) is 2. The number of carboxylic acid groups (broad SMARTS) is 1. The molecule has 0 atom stereocenters. The van der Waals surface area contributed by atoms with Gasteiger partial charge in [-0.1, -0.05) is 13.8 Å². The molecule has 0 fully saturated rings. The van der Waals surface area contributed by atoms with Gasteiger partial charge in [-0.3, -0.25) is 0 Å². The Kier molecular flexibility index (Phi) is 5.56. The maximum atomic E-state index is 9.96. The second-order valence-corrected chi connectivity index (χ2v) is 2.83. The van der Waals surface area contributed by atoms with E-state index in [0.29, 0.717) is 19.0 Å². The third-order valence-corrected chi connectivity index (χ3v) is 1.13. The van der Waals surface area contributed by atoms with Crippen molar-refractivity contribution in [2.75, 3.05) is 19.6 Å². The Balaban J connectivity index is 2.97. The highest BCUT2D eigenvalue weighted by molar-refractivity contribution is 5.64. The van der Waals surface area contributed by atoms with Crippen LogP contribution in [0.2, 0.25) is 0 Å². The second kappa shape index (κ2) is 5.97. The molecular formula is C7H16N2O2. The van der Waals surface area contributed by atoms with Crippen LogP contribution in [-0.4, -0.2) is 30.8 Å². The van der Waals surface area contributed by atoms with Crippen LogP contribution in [0.1, 0.15) is 13.8 Å². The van der Waals surface area contributed by atoms with Crippen molar-refractivity contribution in [3.63, 3.8) is 0 Å². The SMILES string of the molecule is CC(C)CNCCNC(=O)O. The summed E-state index contributed by atoms with van der Waals surface area (Å²) in [5.41, 5.74) is 0. The summed E-state index contributed by atoms with van der Waals surface area (Å²) in [6.45, 7) is 6.32. The molecule has 66 valence electrons. The van der Waals surface area contributed by atoms with Crippen LogP contribution in [-0.2, 0) is 0 Å². The van der Waals surface area contributed by atoms with E-state index in [4.69, 9.17) is 5.11 Å². The van der Waals surface area contributed by atoms with Gasteiger partial charge in [-0.05, 0) is 12.5 Å². The molecule has 4 nitrogen and oxygen atoms in total. The Labute approximate surface area is 67.0 Å². The van der Waals surface area contributed by atoms with E-state index in [9.17, 15) is 4.79 Å². The predicted molar refractivity (Wildman–Crippen MR) is 43.7 cm³/mol. The van der Waals surface area contributed by atoms with E-state index < -0.39 is 6.09 Å². The number of amides is 1. The maximum absolute atomic E-state index is 9.96. The lowest BCUT2D eigenvalue weighted by molar-refractivity contribution is 0.194. The smallest absolute Gasteiger partial charge is 0.404 e. The number of rotatable bonds is 5. The molecule has 11 heavy (non-hydrogen) atoms. The molecule has 0 aliphatic rings. The maximum Gasteiger partial charge on any atom is 0.404 e. The quantitative estimate of drug-likeness (QED) is 0.513. The molecule has 0 heterocycles. The Morgan fingerprint density at radius 1 is 1.45 bits per heavy atom. The van der Waals surface area contributed by atoms with Crippen molar-refractivity contribution in [2.24, 2.45) is 5.92 Å². The van der Waals surface area contributed by atoms with Crippen molar-refractivity contribution in [3.05, 3.63) is 0 Å². The largest absolute Gasteiger partial charge is 0.465 e. The van der Waals surface area contributed by atoms with Gasteiger partial charge in [0.15, 0.2) is 0 Å². The van der Waals surface area contributed by atoms with Crippen LogP contribution in [0.4, 0.5) is 4.79 Å². The normalized spacial score (nSPS) is 10.1. The first-order chi connectivity index (χ1) is 5.13. The van der Waals surface area contributed by atoms with Crippen LogP contribution in [0.3, 0.4) is 0 Å². The fraction of sp³-hybridized carbons (Fsp3) is 0.857. The van der Waals surface area contributed by atoms with Gasteiger partial charge in [0.1, 0.15) is 0 Å². The summed E-state index contributed by atoms with van der Waals surface area (Å²) in [5.74, 6) is 0.611. The van der Waals surface area contributed by atoms with Crippen LogP contribution < -0.4 is 10.6 Å². The summed E-state index contributed by atoms with van der Waals surface area (Å²) in [6, 6.07) is 0. The summed E-state index contributed by atoms with van der Waals surface area (Å²) in [4.78, 5) is 9.96. The van der Waals surface area contributed by atoms with Crippen LogP contribution in [0.15, 0.2) is 0 Å². The minimum absolute atomic E-state index is 0.474. The Hall–Kier alpha value is -0.770. The van der Waals surface area contributed by atoms with E-state index in [2.05, 4.69) is 24.5 Å². The molecule has 0 saturated carbocycles.